The third-order valence-electron chi connectivity index (χ3n) is 3.16. The summed E-state index contributed by atoms with van der Waals surface area (Å²) in [4.78, 5) is 11.9. The molecule has 0 unspecified atom stereocenters. The fourth-order valence-electron chi connectivity index (χ4n) is 2.02. The summed E-state index contributed by atoms with van der Waals surface area (Å²) in [5.74, 6) is 0.0552. The number of amides is 1. The lowest BCUT2D eigenvalue weighted by Crippen LogP contribution is -2.20. The highest BCUT2D eigenvalue weighted by molar-refractivity contribution is 9.10. The van der Waals surface area contributed by atoms with Crippen molar-refractivity contribution in [1.82, 2.24) is 0 Å². The molecule has 0 atom stereocenters. The minimum absolute atomic E-state index is 0.0429. The fraction of sp³-hybridized carbons (Fsp3) is 0.235. The summed E-state index contributed by atoms with van der Waals surface area (Å²) in [6, 6.07) is 9.65. The van der Waals surface area contributed by atoms with Crippen LogP contribution < -0.4 is 10.1 Å². The van der Waals surface area contributed by atoms with Crippen LogP contribution in [0.1, 0.15) is 25.3 Å². The average Bonchev–Trinajstić information content (AvgIpc) is 2.49. The van der Waals surface area contributed by atoms with E-state index in [0.29, 0.717) is 11.4 Å². The van der Waals surface area contributed by atoms with Gasteiger partial charge < -0.3 is 10.1 Å². The van der Waals surface area contributed by atoms with Crippen molar-refractivity contribution in [2.45, 2.75) is 19.8 Å². The van der Waals surface area contributed by atoms with E-state index in [9.17, 15) is 9.18 Å². The monoisotopic (exact) mass is 399 g/mol. The number of hydrogen-bond donors (Lipinski definition) is 1. The Morgan fingerprint density at radius 1 is 1.30 bits per heavy atom. The first-order valence-corrected chi connectivity index (χ1v) is 8.21. The lowest BCUT2D eigenvalue weighted by Gasteiger charge is -2.14. The summed E-state index contributed by atoms with van der Waals surface area (Å²) in [6.07, 6.45) is 0. The number of carbonyl (C=O) groups excluding carboxylic acids is 1. The van der Waals surface area contributed by atoms with Gasteiger partial charge in [-0.2, -0.15) is 0 Å². The van der Waals surface area contributed by atoms with Gasteiger partial charge in [0.25, 0.3) is 5.91 Å². The van der Waals surface area contributed by atoms with Crippen molar-refractivity contribution in [3.8, 4) is 5.75 Å². The Balaban J connectivity index is 2.00. The topological polar surface area (TPSA) is 38.3 Å². The average molecular weight is 401 g/mol. The Labute approximate surface area is 147 Å². The zero-order valence-electron chi connectivity index (χ0n) is 12.7. The van der Waals surface area contributed by atoms with Gasteiger partial charge in [0, 0.05) is 10.2 Å². The van der Waals surface area contributed by atoms with E-state index in [4.69, 9.17) is 16.3 Å². The molecule has 2 aromatic carbocycles. The number of carbonyl (C=O) groups is 1. The highest BCUT2D eigenvalue weighted by atomic mass is 79.9. The number of anilines is 1. The Kier molecular flexibility index (Phi) is 6.02. The third-order valence-corrected chi connectivity index (χ3v) is 3.94. The number of rotatable bonds is 5. The van der Waals surface area contributed by atoms with Crippen LogP contribution in [0.15, 0.2) is 40.9 Å². The first kappa shape index (κ1) is 17.8. The standard InChI is InChI=1S/C17H16BrClFNO2/c1-10(2)13-7-11(18)3-6-16(13)23-9-17(22)21-12-4-5-15(20)14(19)8-12/h3-8,10H,9H2,1-2H3,(H,21,22). The third kappa shape index (κ3) is 4.94. The highest BCUT2D eigenvalue weighted by Crippen LogP contribution is 2.29. The van der Waals surface area contributed by atoms with E-state index < -0.39 is 5.82 Å². The molecule has 0 aromatic heterocycles. The van der Waals surface area contributed by atoms with Crippen LogP contribution in [0, 0.1) is 5.82 Å². The van der Waals surface area contributed by atoms with Crippen molar-refractivity contribution in [3.63, 3.8) is 0 Å². The maximum atomic E-state index is 13.1. The number of benzene rings is 2. The minimum Gasteiger partial charge on any atom is -0.483 e. The Morgan fingerprint density at radius 2 is 2.04 bits per heavy atom. The van der Waals surface area contributed by atoms with Crippen molar-refractivity contribution >= 4 is 39.1 Å². The Bertz CT molecular complexity index is 722. The van der Waals surface area contributed by atoms with Gasteiger partial charge in [-0.15, -0.1) is 0 Å². The van der Waals surface area contributed by atoms with Crippen molar-refractivity contribution < 1.29 is 13.9 Å². The number of halogens is 3. The smallest absolute Gasteiger partial charge is 0.262 e. The van der Waals surface area contributed by atoms with Crippen LogP contribution in [0.25, 0.3) is 0 Å². The molecule has 0 aliphatic heterocycles. The zero-order valence-corrected chi connectivity index (χ0v) is 15.0. The summed E-state index contributed by atoms with van der Waals surface area (Å²) in [7, 11) is 0. The Morgan fingerprint density at radius 3 is 2.70 bits per heavy atom. The molecular formula is C17H16BrClFNO2. The molecule has 6 heteroatoms. The second-order valence-electron chi connectivity index (χ2n) is 5.30. The van der Waals surface area contributed by atoms with Crippen molar-refractivity contribution in [1.29, 1.82) is 0 Å². The molecule has 122 valence electrons. The predicted molar refractivity (Wildman–Crippen MR) is 93.8 cm³/mol. The number of nitrogens with one attached hydrogen (secondary N) is 1. The van der Waals surface area contributed by atoms with Gasteiger partial charge in [-0.1, -0.05) is 41.4 Å². The molecule has 0 bridgehead atoms. The summed E-state index contributed by atoms with van der Waals surface area (Å²) < 4.78 is 19.6. The van der Waals surface area contributed by atoms with Crippen LogP contribution in [0.5, 0.6) is 5.75 Å². The maximum Gasteiger partial charge on any atom is 0.262 e. The fourth-order valence-corrected chi connectivity index (χ4v) is 2.58. The molecule has 2 rings (SSSR count). The van der Waals surface area contributed by atoms with Crippen LogP contribution in [0.3, 0.4) is 0 Å². The molecule has 0 saturated carbocycles. The predicted octanol–water partition coefficient (Wildman–Crippen LogP) is 5.38. The zero-order chi connectivity index (χ0) is 17.0. The largest absolute Gasteiger partial charge is 0.483 e. The van der Waals surface area contributed by atoms with Gasteiger partial charge in [-0.25, -0.2) is 4.39 Å². The van der Waals surface area contributed by atoms with E-state index in [1.54, 1.807) is 0 Å². The second-order valence-corrected chi connectivity index (χ2v) is 6.63. The van der Waals surface area contributed by atoms with Crippen molar-refractivity contribution in [2.75, 3.05) is 11.9 Å². The van der Waals surface area contributed by atoms with E-state index in [0.717, 1.165) is 10.0 Å². The highest BCUT2D eigenvalue weighted by Gasteiger charge is 2.11. The molecule has 0 fully saturated rings. The molecule has 2 aromatic rings. The number of hydrogen-bond acceptors (Lipinski definition) is 2. The lowest BCUT2D eigenvalue weighted by molar-refractivity contribution is -0.118. The molecule has 3 nitrogen and oxygen atoms in total. The first-order valence-electron chi connectivity index (χ1n) is 7.04. The van der Waals surface area contributed by atoms with Gasteiger partial charge in [0.1, 0.15) is 11.6 Å². The normalized spacial score (nSPS) is 10.7. The van der Waals surface area contributed by atoms with Crippen LogP contribution >= 0.6 is 27.5 Å². The Hall–Kier alpha value is -1.59. The quantitative estimate of drug-likeness (QED) is 0.731. The van der Waals surface area contributed by atoms with Gasteiger partial charge in [-0.3, -0.25) is 4.79 Å². The van der Waals surface area contributed by atoms with Crippen LogP contribution in [0.2, 0.25) is 5.02 Å². The van der Waals surface area contributed by atoms with Gasteiger partial charge in [0.15, 0.2) is 6.61 Å². The SMILES string of the molecule is CC(C)c1cc(Br)ccc1OCC(=O)Nc1ccc(F)c(Cl)c1. The summed E-state index contributed by atoms with van der Waals surface area (Å²) in [5.41, 5.74) is 1.43. The van der Waals surface area contributed by atoms with Gasteiger partial charge in [0.05, 0.1) is 5.02 Å². The van der Waals surface area contributed by atoms with Crippen molar-refractivity contribution in [2.24, 2.45) is 0 Å². The summed E-state index contributed by atoms with van der Waals surface area (Å²) in [6.45, 7) is 3.96. The second kappa shape index (κ2) is 7.79. The molecule has 0 aliphatic carbocycles. The van der Waals surface area contributed by atoms with E-state index in [1.165, 1.54) is 18.2 Å². The van der Waals surface area contributed by atoms with Gasteiger partial charge in [0.2, 0.25) is 0 Å². The van der Waals surface area contributed by atoms with Crippen LogP contribution in [-0.4, -0.2) is 12.5 Å². The minimum atomic E-state index is -0.530. The number of ether oxygens (including phenoxy) is 1. The molecule has 0 radical (unpaired) electrons. The molecule has 23 heavy (non-hydrogen) atoms. The molecule has 0 aliphatic rings. The van der Waals surface area contributed by atoms with Gasteiger partial charge in [-0.05, 0) is 47.9 Å². The van der Waals surface area contributed by atoms with E-state index >= 15 is 0 Å². The molecule has 0 heterocycles. The molecule has 0 saturated heterocycles. The molecule has 0 spiro atoms. The molecule has 1 amide bonds. The molecule has 1 N–H and O–H groups in total. The van der Waals surface area contributed by atoms with E-state index in [-0.39, 0.29) is 23.5 Å². The summed E-state index contributed by atoms with van der Waals surface area (Å²) >= 11 is 9.10. The summed E-state index contributed by atoms with van der Waals surface area (Å²) in [5, 5.41) is 2.57. The first-order chi connectivity index (χ1) is 10.9. The van der Waals surface area contributed by atoms with Crippen molar-refractivity contribution in [3.05, 3.63) is 57.3 Å². The van der Waals surface area contributed by atoms with Crippen LogP contribution in [0.4, 0.5) is 10.1 Å². The van der Waals surface area contributed by atoms with Gasteiger partial charge >= 0.3 is 0 Å². The lowest BCUT2D eigenvalue weighted by atomic mass is 10.0. The van der Waals surface area contributed by atoms with E-state index in [1.807, 2.05) is 18.2 Å². The maximum absolute atomic E-state index is 13.1. The van der Waals surface area contributed by atoms with Crippen LogP contribution in [-0.2, 0) is 4.79 Å². The van der Waals surface area contributed by atoms with E-state index in [2.05, 4.69) is 35.1 Å². The molecular weight excluding hydrogens is 385 g/mol.